The van der Waals surface area contributed by atoms with Gasteiger partial charge in [0.25, 0.3) is 0 Å². The molecule has 5 aromatic carbocycles. The van der Waals surface area contributed by atoms with Gasteiger partial charge >= 0.3 is 0 Å². The number of benzene rings is 5. The van der Waals surface area contributed by atoms with Gasteiger partial charge in [-0.15, -0.1) is 0 Å². The van der Waals surface area contributed by atoms with Gasteiger partial charge in [0.2, 0.25) is 0 Å². The first-order valence-corrected chi connectivity index (χ1v) is 22.8. The number of pyridine rings is 8. The zero-order valence-electron chi connectivity index (χ0n) is 36.7. The summed E-state index contributed by atoms with van der Waals surface area (Å²) in [6.45, 7) is 0. The van der Waals surface area contributed by atoms with E-state index >= 15 is 0 Å². The van der Waals surface area contributed by atoms with Crippen LogP contribution in [0.3, 0.4) is 0 Å². The van der Waals surface area contributed by atoms with Crippen molar-refractivity contribution in [3.8, 4) is 61.8 Å². The molecule has 9 nitrogen and oxygen atoms in total. The van der Waals surface area contributed by atoms with Gasteiger partial charge < -0.3 is 4.57 Å². The lowest BCUT2D eigenvalue weighted by Gasteiger charge is -2.13. The van der Waals surface area contributed by atoms with Crippen LogP contribution in [0.1, 0.15) is 0 Å². The smallest absolute Gasteiger partial charge is 0.0970 e. The number of aromatic nitrogens is 9. The largest absolute Gasteiger partial charge is 0.307 e. The van der Waals surface area contributed by atoms with Crippen LogP contribution in [0.2, 0.25) is 0 Å². The molecule has 0 aliphatic heterocycles. The highest BCUT2D eigenvalue weighted by Crippen LogP contribution is 2.43. The molecule has 0 amide bonds. The van der Waals surface area contributed by atoms with Gasteiger partial charge in [-0.05, 0) is 108 Å². The maximum absolute atomic E-state index is 5.21. The lowest BCUT2D eigenvalue weighted by Crippen LogP contribution is -1.97. The van der Waals surface area contributed by atoms with Gasteiger partial charge in [0.05, 0.1) is 67.8 Å². The molecule has 0 aliphatic rings. The Morgan fingerprint density at radius 3 is 1.46 bits per heavy atom. The SMILES string of the molecule is c1ccc(-c2ccc(-n3c4ccc(-c5ccc(-c6cc7cccnc7c7ncccc67)cn5)cc4c4cc(-c5ccc(-c6cc7cccnc7c7ncccc67)cn5)c5ccccc5c43)cn2)nc1. The first kappa shape index (κ1) is 38.6. The van der Waals surface area contributed by atoms with Crippen LogP contribution in [0.25, 0.3) is 138 Å². The summed E-state index contributed by atoms with van der Waals surface area (Å²) < 4.78 is 2.34. The molecule has 0 fully saturated rings. The lowest BCUT2D eigenvalue weighted by molar-refractivity contribution is 1.14. The quantitative estimate of drug-likeness (QED) is 0.152. The average molecular weight is 882 g/mol. The highest BCUT2D eigenvalue weighted by Gasteiger charge is 2.21. The van der Waals surface area contributed by atoms with E-state index < -0.39 is 0 Å². The second kappa shape index (κ2) is 15.5. The first-order chi connectivity index (χ1) is 34.2. The van der Waals surface area contributed by atoms with Crippen LogP contribution in [-0.4, -0.2) is 44.4 Å². The summed E-state index contributed by atoms with van der Waals surface area (Å²) in [5.41, 5.74) is 16.2. The fraction of sp³-hybridized carbons (Fsp3) is 0. The molecule has 14 aromatic rings. The van der Waals surface area contributed by atoms with Crippen molar-refractivity contribution < 1.29 is 0 Å². The Bertz CT molecular complexity index is 4340. The molecule has 0 atom stereocenters. The fourth-order valence-electron chi connectivity index (χ4n) is 10.2. The average Bonchev–Trinajstić information content (AvgIpc) is 3.76. The standard InChI is InChI=1S/C60H35N9/c1-2-12-45-42(11-1)48(52-21-17-40(34-67-52)47-31-38-10-6-26-63-57(38)59-44(47)14-8-28-65-59)32-50-49-29-36(18-23-55(49)69(60(45)50)41-19-22-54(68-35-41)53-15-3-4-24-61-53)51-20-16-39(33-66-51)46-30-37-9-5-25-62-56(37)58-43(46)13-7-27-64-58/h1-35H. The minimum atomic E-state index is 0.813. The summed E-state index contributed by atoms with van der Waals surface area (Å²) in [5, 5.41) is 8.56. The normalized spacial score (nSPS) is 11.8. The molecule has 320 valence electrons. The monoisotopic (exact) mass is 881 g/mol. The molecule has 0 saturated carbocycles. The van der Waals surface area contributed by atoms with E-state index in [9.17, 15) is 0 Å². The summed E-state index contributed by atoms with van der Waals surface area (Å²) in [6, 6.07) is 56.9. The Hall–Kier alpha value is -9.60. The number of rotatable bonds is 6. The molecule has 69 heavy (non-hydrogen) atoms. The van der Waals surface area contributed by atoms with Gasteiger partial charge in [0.15, 0.2) is 0 Å². The third-order valence-corrected chi connectivity index (χ3v) is 13.3. The van der Waals surface area contributed by atoms with Crippen molar-refractivity contribution in [2.45, 2.75) is 0 Å². The van der Waals surface area contributed by atoms with Crippen LogP contribution in [0.4, 0.5) is 0 Å². The molecule has 14 rings (SSSR count). The van der Waals surface area contributed by atoms with E-state index in [-0.39, 0.29) is 0 Å². The van der Waals surface area contributed by atoms with Gasteiger partial charge in [-0.1, -0.05) is 72.8 Å². The molecule has 9 heterocycles. The molecule has 0 radical (unpaired) electrons. The van der Waals surface area contributed by atoms with Gasteiger partial charge in [-0.3, -0.25) is 39.9 Å². The second-order valence-electron chi connectivity index (χ2n) is 17.2. The van der Waals surface area contributed by atoms with Crippen molar-refractivity contribution in [3.63, 3.8) is 0 Å². The number of hydrogen-bond donors (Lipinski definition) is 0. The van der Waals surface area contributed by atoms with Crippen molar-refractivity contribution in [1.29, 1.82) is 0 Å². The van der Waals surface area contributed by atoms with Crippen LogP contribution in [0.5, 0.6) is 0 Å². The van der Waals surface area contributed by atoms with Gasteiger partial charge in [0, 0.05) is 103 Å². The molecule has 0 aliphatic carbocycles. The summed E-state index contributed by atoms with van der Waals surface area (Å²) in [5.74, 6) is 0. The van der Waals surface area contributed by atoms with Crippen LogP contribution >= 0.6 is 0 Å². The van der Waals surface area contributed by atoms with Crippen molar-refractivity contribution in [2.24, 2.45) is 0 Å². The highest BCUT2D eigenvalue weighted by molar-refractivity contribution is 6.22. The minimum Gasteiger partial charge on any atom is -0.307 e. The Balaban J connectivity index is 0.938. The molecule has 0 N–H and O–H groups in total. The molecule has 0 saturated heterocycles. The maximum Gasteiger partial charge on any atom is 0.0970 e. The highest BCUT2D eigenvalue weighted by atomic mass is 15.0. The van der Waals surface area contributed by atoms with Gasteiger partial charge in [0.1, 0.15) is 0 Å². The van der Waals surface area contributed by atoms with E-state index in [1.54, 1.807) is 6.20 Å². The third kappa shape index (κ3) is 6.25. The van der Waals surface area contributed by atoms with Crippen LogP contribution < -0.4 is 0 Å². The van der Waals surface area contributed by atoms with E-state index in [0.717, 1.165) is 138 Å². The van der Waals surface area contributed by atoms with Gasteiger partial charge in [-0.2, -0.15) is 0 Å². The van der Waals surface area contributed by atoms with Crippen molar-refractivity contribution in [3.05, 3.63) is 213 Å². The van der Waals surface area contributed by atoms with Crippen LogP contribution in [0, 0.1) is 0 Å². The molecular formula is C60H35N9. The topological polar surface area (TPSA) is 108 Å². The van der Waals surface area contributed by atoms with E-state index in [2.05, 4.69) is 135 Å². The Morgan fingerprint density at radius 2 is 0.841 bits per heavy atom. The zero-order valence-corrected chi connectivity index (χ0v) is 36.7. The van der Waals surface area contributed by atoms with Crippen molar-refractivity contribution in [2.75, 3.05) is 0 Å². The third-order valence-electron chi connectivity index (χ3n) is 13.3. The Kier molecular flexibility index (Phi) is 8.68. The van der Waals surface area contributed by atoms with E-state index in [1.165, 1.54) is 0 Å². The molecule has 0 unspecified atom stereocenters. The number of hydrogen-bond acceptors (Lipinski definition) is 8. The van der Waals surface area contributed by atoms with E-state index in [4.69, 9.17) is 24.9 Å². The molecule has 0 spiro atoms. The van der Waals surface area contributed by atoms with E-state index in [1.807, 2.05) is 91.9 Å². The molecular weight excluding hydrogens is 847 g/mol. The van der Waals surface area contributed by atoms with Crippen LogP contribution in [0.15, 0.2) is 213 Å². The molecule has 0 bridgehead atoms. The lowest BCUT2D eigenvalue weighted by atomic mass is 9.95. The summed E-state index contributed by atoms with van der Waals surface area (Å²) in [7, 11) is 0. The van der Waals surface area contributed by atoms with Gasteiger partial charge in [-0.25, -0.2) is 0 Å². The van der Waals surface area contributed by atoms with Crippen molar-refractivity contribution in [1.82, 2.24) is 44.4 Å². The fourth-order valence-corrected chi connectivity index (χ4v) is 10.2. The summed E-state index contributed by atoms with van der Waals surface area (Å²) in [4.78, 5) is 38.7. The van der Waals surface area contributed by atoms with E-state index in [0.29, 0.717) is 0 Å². The predicted octanol–water partition coefficient (Wildman–Crippen LogP) is 14.0. The summed E-state index contributed by atoms with van der Waals surface area (Å²) in [6.07, 6.45) is 15.0. The Morgan fingerprint density at radius 1 is 0.290 bits per heavy atom. The minimum absolute atomic E-state index is 0.813. The summed E-state index contributed by atoms with van der Waals surface area (Å²) >= 11 is 0. The predicted molar refractivity (Wildman–Crippen MR) is 278 cm³/mol. The van der Waals surface area contributed by atoms with Crippen molar-refractivity contribution >= 4 is 76.2 Å². The molecule has 9 aromatic heterocycles. The molecule has 9 heteroatoms. The second-order valence-corrected chi connectivity index (χ2v) is 17.2. The van der Waals surface area contributed by atoms with Crippen LogP contribution in [-0.2, 0) is 0 Å². The maximum atomic E-state index is 5.21. The first-order valence-electron chi connectivity index (χ1n) is 22.8. The zero-order chi connectivity index (χ0) is 45.4. The number of nitrogens with zero attached hydrogens (tertiary/aromatic N) is 9. The Labute approximate surface area is 394 Å². The number of fused-ring (bicyclic) bond motifs is 11.